The van der Waals surface area contributed by atoms with Crippen LogP contribution >= 0.6 is 35.3 Å². The van der Waals surface area contributed by atoms with Crippen molar-refractivity contribution in [2.24, 2.45) is 10.7 Å². The van der Waals surface area contributed by atoms with Crippen molar-refractivity contribution in [3.63, 3.8) is 0 Å². The maximum Gasteiger partial charge on any atom is 0.191 e. The van der Waals surface area contributed by atoms with Crippen LogP contribution in [0, 0.1) is 0 Å². The fourth-order valence-electron chi connectivity index (χ4n) is 2.29. The van der Waals surface area contributed by atoms with Crippen LogP contribution in [0.3, 0.4) is 0 Å². The predicted molar refractivity (Wildman–Crippen MR) is 108 cm³/mol. The van der Waals surface area contributed by atoms with Crippen LogP contribution in [0.15, 0.2) is 41.4 Å². The van der Waals surface area contributed by atoms with Crippen LogP contribution in [0.5, 0.6) is 5.75 Å². The molecular formula is C17H22IN3OS. The number of benzene rings is 1. The molecule has 1 aromatic heterocycles. The molecule has 3 rings (SSSR count). The highest BCUT2D eigenvalue weighted by molar-refractivity contribution is 14.0. The first-order valence-electron chi connectivity index (χ1n) is 7.43. The fraction of sp³-hybridized carbons (Fsp3) is 0.353. The molecule has 0 atom stereocenters. The molecule has 1 aliphatic carbocycles. The Morgan fingerprint density at radius 1 is 1.26 bits per heavy atom. The lowest BCUT2D eigenvalue weighted by Gasteiger charge is -2.16. The van der Waals surface area contributed by atoms with Gasteiger partial charge in [0.15, 0.2) is 5.96 Å². The molecule has 1 aliphatic rings. The topological polar surface area (TPSA) is 50.9 Å². The smallest absolute Gasteiger partial charge is 0.191 e. The average molecular weight is 443 g/mol. The molecule has 0 bridgehead atoms. The maximum atomic E-state index is 6.02. The van der Waals surface area contributed by atoms with Gasteiger partial charge in [0.1, 0.15) is 5.75 Å². The summed E-state index contributed by atoms with van der Waals surface area (Å²) >= 11 is 1.76. The van der Waals surface area contributed by atoms with Crippen molar-refractivity contribution in [3.05, 3.63) is 41.3 Å². The Hall–Kier alpha value is -1.28. The molecule has 1 aromatic carbocycles. The number of aliphatic imine (C=N–C) groups is 1. The molecule has 23 heavy (non-hydrogen) atoms. The monoisotopic (exact) mass is 443 g/mol. The highest BCUT2D eigenvalue weighted by Gasteiger charge is 2.27. The van der Waals surface area contributed by atoms with Gasteiger partial charge in [-0.25, -0.2) is 4.99 Å². The van der Waals surface area contributed by atoms with Gasteiger partial charge in [-0.2, -0.15) is 0 Å². The summed E-state index contributed by atoms with van der Waals surface area (Å²) in [4.78, 5) is 9.04. The first kappa shape index (κ1) is 18.1. The second kappa shape index (κ2) is 8.01. The molecule has 0 amide bonds. The lowest BCUT2D eigenvalue weighted by atomic mass is 10.2. The Balaban J connectivity index is 0.00000192. The SMILES string of the molecule is COc1ccc(-c2ccc(CN=C(N)N(C)C3CC3)s2)cc1.I. The number of rotatable bonds is 5. The number of hydrogen-bond donors (Lipinski definition) is 1. The maximum absolute atomic E-state index is 6.02. The minimum atomic E-state index is 0. The third kappa shape index (κ3) is 4.60. The standard InChI is InChI=1S/C17H21N3OS.HI/c1-20(13-5-6-13)17(18)19-11-15-9-10-16(22-15)12-3-7-14(21-2)8-4-12;/h3-4,7-10,13H,5-6,11H2,1-2H3,(H2,18,19);1H. The molecule has 0 spiro atoms. The van der Waals surface area contributed by atoms with E-state index in [2.05, 4.69) is 34.2 Å². The van der Waals surface area contributed by atoms with Crippen LogP contribution in [-0.2, 0) is 6.54 Å². The number of nitrogens with zero attached hydrogens (tertiary/aromatic N) is 2. The molecule has 1 heterocycles. The summed E-state index contributed by atoms with van der Waals surface area (Å²) in [5, 5.41) is 0. The number of nitrogens with two attached hydrogens (primary N) is 1. The van der Waals surface area contributed by atoms with Crippen molar-refractivity contribution in [1.82, 2.24) is 4.90 Å². The predicted octanol–water partition coefficient (Wildman–Crippen LogP) is 3.95. The Kier molecular flexibility index (Phi) is 6.29. The summed E-state index contributed by atoms with van der Waals surface area (Å²) in [6, 6.07) is 13.0. The van der Waals surface area contributed by atoms with Gasteiger partial charge >= 0.3 is 0 Å². The minimum absolute atomic E-state index is 0. The van der Waals surface area contributed by atoms with Gasteiger partial charge in [-0.15, -0.1) is 35.3 Å². The van der Waals surface area contributed by atoms with E-state index in [0.717, 1.165) is 5.75 Å². The van der Waals surface area contributed by atoms with E-state index < -0.39 is 0 Å². The van der Waals surface area contributed by atoms with E-state index in [1.54, 1.807) is 18.4 Å². The Morgan fingerprint density at radius 3 is 2.57 bits per heavy atom. The Labute approximate surface area is 158 Å². The first-order valence-corrected chi connectivity index (χ1v) is 8.25. The van der Waals surface area contributed by atoms with Gasteiger partial charge < -0.3 is 15.4 Å². The van der Waals surface area contributed by atoms with Crippen LogP contribution in [-0.4, -0.2) is 31.1 Å². The molecule has 0 saturated heterocycles. The van der Waals surface area contributed by atoms with E-state index in [9.17, 15) is 0 Å². The molecule has 4 nitrogen and oxygen atoms in total. The van der Waals surface area contributed by atoms with E-state index in [1.165, 1.54) is 28.2 Å². The van der Waals surface area contributed by atoms with Gasteiger partial charge in [-0.05, 0) is 54.8 Å². The number of guanidine groups is 1. The van der Waals surface area contributed by atoms with Crippen molar-refractivity contribution < 1.29 is 4.74 Å². The third-order valence-electron chi connectivity index (χ3n) is 3.89. The van der Waals surface area contributed by atoms with Crippen molar-refractivity contribution in [2.45, 2.75) is 25.4 Å². The zero-order valence-electron chi connectivity index (χ0n) is 13.4. The van der Waals surface area contributed by atoms with Crippen molar-refractivity contribution in [2.75, 3.05) is 14.2 Å². The van der Waals surface area contributed by atoms with Gasteiger partial charge in [0.2, 0.25) is 0 Å². The van der Waals surface area contributed by atoms with Crippen molar-refractivity contribution in [3.8, 4) is 16.2 Å². The second-order valence-electron chi connectivity index (χ2n) is 5.51. The molecule has 1 saturated carbocycles. The molecule has 0 radical (unpaired) electrons. The highest BCUT2D eigenvalue weighted by atomic mass is 127. The van der Waals surface area contributed by atoms with E-state index in [-0.39, 0.29) is 24.0 Å². The molecule has 2 aromatic rings. The number of ether oxygens (including phenoxy) is 1. The summed E-state index contributed by atoms with van der Waals surface area (Å²) in [6.07, 6.45) is 2.46. The number of hydrogen-bond acceptors (Lipinski definition) is 3. The van der Waals surface area contributed by atoms with E-state index in [1.807, 2.05) is 19.2 Å². The quantitative estimate of drug-likeness (QED) is 0.433. The first-order chi connectivity index (χ1) is 10.7. The van der Waals surface area contributed by atoms with Crippen molar-refractivity contribution >= 4 is 41.3 Å². The van der Waals surface area contributed by atoms with E-state index in [0.29, 0.717) is 18.5 Å². The van der Waals surface area contributed by atoms with Crippen LogP contribution < -0.4 is 10.5 Å². The average Bonchev–Trinajstić information content (AvgIpc) is 3.30. The summed E-state index contributed by atoms with van der Waals surface area (Å²) in [5.74, 6) is 1.52. The summed E-state index contributed by atoms with van der Waals surface area (Å²) in [7, 11) is 3.70. The Bertz CT molecular complexity index is 665. The van der Waals surface area contributed by atoms with Crippen LogP contribution in [0.1, 0.15) is 17.7 Å². The normalized spacial score (nSPS) is 14.3. The lowest BCUT2D eigenvalue weighted by Crippen LogP contribution is -2.35. The summed E-state index contributed by atoms with van der Waals surface area (Å²) in [5.41, 5.74) is 7.22. The zero-order valence-corrected chi connectivity index (χ0v) is 16.5. The fourth-order valence-corrected chi connectivity index (χ4v) is 3.23. The molecule has 124 valence electrons. The molecule has 1 fully saturated rings. The van der Waals surface area contributed by atoms with Gasteiger partial charge in [0.05, 0.1) is 13.7 Å². The minimum Gasteiger partial charge on any atom is -0.497 e. The third-order valence-corrected chi connectivity index (χ3v) is 5.01. The second-order valence-corrected chi connectivity index (χ2v) is 6.68. The van der Waals surface area contributed by atoms with Crippen LogP contribution in [0.2, 0.25) is 0 Å². The van der Waals surface area contributed by atoms with Crippen molar-refractivity contribution in [1.29, 1.82) is 0 Å². The molecule has 6 heteroatoms. The number of halogens is 1. The number of thiophene rings is 1. The van der Waals surface area contributed by atoms with Gasteiger partial charge in [0, 0.05) is 22.8 Å². The largest absolute Gasteiger partial charge is 0.497 e. The van der Waals surface area contributed by atoms with E-state index in [4.69, 9.17) is 10.5 Å². The zero-order chi connectivity index (χ0) is 15.5. The highest BCUT2D eigenvalue weighted by Crippen LogP contribution is 2.30. The molecule has 0 unspecified atom stereocenters. The number of methoxy groups -OCH3 is 1. The van der Waals surface area contributed by atoms with Crippen LogP contribution in [0.25, 0.3) is 10.4 Å². The van der Waals surface area contributed by atoms with Gasteiger partial charge in [0.25, 0.3) is 0 Å². The Morgan fingerprint density at radius 2 is 1.96 bits per heavy atom. The van der Waals surface area contributed by atoms with E-state index >= 15 is 0 Å². The summed E-state index contributed by atoms with van der Waals surface area (Å²) in [6.45, 7) is 0.643. The van der Waals surface area contributed by atoms with Crippen LogP contribution in [0.4, 0.5) is 0 Å². The lowest BCUT2D eigenvalue weighted by molar-refractivity contribution is 0.415. The van der Waals surface area contributed by atoms with Gasteiger partial charge in [-0.3, -0.25) is 0 Å². The molecular weight excluding hydrogens is 421 g/mol. The van der Waals surface area contributed by atoms with Gasteiger partial charge in [-0.1, -0.05) is 0 Å². The molecule has 2 N–H and O–H groups in total. The summed E-state index contributed by atoms with van der Waals surface area (Å²) < 4.78 is 5.19. The molecule has 0 aliphatic heterocycles.